The summed E-state index contributed by atoms with van der Waals surface area (Å²) >= 11 is 0. The van der Waals surface area contributed by atoms with E-state index in [1.807, 2.05) is 0 Å². The number of hydrogen-bond acceptors (Lipinski definition) is 4. The zero-order valence-corrected chi connectivity index (χ0v) is 19.2. The Labute approximate surface area is 196 Å². The van der Waals surface area contributed by atoms with Crippen LogP contribution in [-0.2, 0) is 4.74 Å². The van der Waals surface area contributed by atoms with Gasteiger partial charge in [-0.2, -0.15) is 17.6 Å². The van der Waals surface area contributed by atoms with Crippen LogP contribution in [0.15, 0.2) is 36.4 Å². The van der Waals surface area contributed by atoms with E-state index in [4.69, 9.17) is 4.74 Å². The third-order valence-corrected chi connectivity index (χ3v) is 5.15. The highest BCUT2D eigenvalue weighted by Gasteiger charge is 2.42. The maximum absolute atomic E-state index is 14.6. The van der Waals surface area contributed by atoms with Crippen molar-refractivity contribution in [2.24, 2.45) is 0 Å². The molecule has 4 nitrogen and oxygen atoms in total. The molecule has 188 valence electrons. The minimum absolute atomic E-state index is 0.109. The second kappa shape index (κ2) is 13.2. The van der Waals surface area contributed by atoms with Crippen LogP contribution < -0.4 is 9.47 Å². The van der Waals surface area contributed by atoms with E-state index in [0.29, 0.717) is 17.9 Å². The van der Waals surface area contributed by atoms with Crippen molar-refractivity contribution in [1.29, 1.82) is 0 Å². The lowest BCUT2D eigenvalue weighted by atomic mass is 10.0. The molecule has 0 bridgehead atoms. The molecule has 0 fully saturated rings. The summed E-state index contributed by atoms with van der Waals surface area (Å²) in [6.45, 7) is 3.88. The predicted octanol–water partition coefficient (Wildman–Crippen LogP) is 8.23. The summed E-state index contributed by atoms with van der Waals surface area (Å²) in [5, 5.41) is 0. The smallest absolute Gasteiger partial charge is 0.494 e. The molecule has 0 aliphatic carbocycles. The van der Waals surface area contributed by atoms with E-state index in [9.17, 15) is 26.7 Å². The van der Waals surface area contributed by atoms with Gasteiger partial charge in [-0.3, -0.25) is 0 Å². The number of ether oxygens (including phenoxy) is 3. The first-order valence-electron chi connectivity index (χ1n) is 11.3. The zero-order valence-electron chi connectivity index (χ0n) is 19.2. The average Bonchev–Trinajstić information content (AvgIpc) is 2.80. The van der Waals surface area contributed by atoms with E-state index < -0.39 is 42.2 Å². The zero-order chi connectivity index (χ0) is 25.1. The number of carbonyl (C=O) groups excluding carboxylic acids is 1. The fourth-order valence-corrected chi connectivity index (χ4v) is 3.25. The van der Waals surface area contributed by atoms with E-state index in [1.54, 1.807) is 24.3 Å². The fraction of sp³-hybridized carbons (Fsp3) is 0.480. The Kier molecular flexibility index (Phi) is 10.6. The van der Waals surface area contributed by atoms with Crippen molar-refractivity contribution in [3.63, 3.8) is 0 Å². The summed E-state index contributed by atoms with van der Waals surface area (Å²) in [6, 6.07) is 8.48. The number of carbonyl (C=O) groups is 1. The minimum atomic E-state index is -4.80. The van der Waals surface area contributed by atoms with Gasteiger partial charge in [-0.15, -0.1) is 0 Å². The second-order valence-corrected chi connectivity index (χ2v) is 7.79. The lowest BCUT2D eigenvalue weighted by Crippen LogP contribution is -2.34. The normalized spacial score (nSPS) is 12.3. The number of halogens is 5. The van der Waals surface area contributed by atoms with Gasteiger partial charge in [0.15, 0.2) is 11.6 Å². The van der Waals surface area contributed by atoms with Crippen molar-refractivity contribution in [3.05, 3.63) is 48.0 Å². The lowest BCUT2D eigenvalue weighted by molar-refractivity contribution is -0.207. The van der Waals surface area contributed by atoms with Crippen molar-refractivity contribution < 1.29 is 41.0 Å². The molecule has 2 aromatic rings. The summed E-state index contributed by atoms with van der Waals surface area (Å²) in [4.78, 5) is 11.6. The van der Waals surface area contributed by atoms with Crippen molar-refractivity contribution in [1.82, 2.24) is 0 Å². The molecule has 0 aromatic heterocycles. The van der Waals surface area contributed by atoms with Crippen LogP contribution in [0.5, 0.6) is 11.5 Å². The largest absolute Gasteiger partial charge is 0.514 e. The Morgan fingerprint density at radius 1 is 0.882 bits per heavy atom. The Bertz CT molecular complexity index is 913. The van der Waals surface area contributed by atoms with Crippen LogP contribution in [0.1, 0.15) is 58.8 Å². The van der Waals surface area contributed by atoms with Gasteiger partial charge in [0, 0.05) is 5.56 Å². The van der Waals surface area contributed by atoms with Crippen LogP contribution in [0, 0.1) is 11.6 Å². The Balaban J connectivity index is 1.97. The number of alkyl halides is 3. The van der Waals surface area contributed by atoms with Gasteiger partial charge in [0.1, 0.15) is 5.75 Å². The van der Waals surface area contributed by atoms with Crippen LogP contribution in [-0.4, -0.2) is 25.0 Å². The van der Waals surface area contributed by atoms with Crippen molar-refractivity contribution >= 4 is 6.16 Å². The number of benzene rings is 2. The molecular formula is C25H29F5O4. The quantitative estimate of drug-likeness (QED) is 0.131. The monoisotopic (exact) mass is 488 g/mol. The molecule has 0 amide bonds. The highest BCUT2D eigenvalue weighted by molar-refractivity contribution is 5.68. The maximum atomic E-state index is 14.6. The van der Waals surface area contributed by atoms with Crippen molar-refractivity contribution in [3.8, 4) is 22.6 Å². The second-order valence-electron chi connectivity index (χ2n) is 7.79. The standard InChI is InChI=1S/C25H29F5O4/c1-3-5-6-7-8-9-16-32-18-12-10-17(11-13-18)19-14-15-20(23(27)22(19)26)33-24(31)34-21(4-2)25(28,29)30/h10-15,21H,3-9,16H2,1-2H3. The van der Waals surface area contributed by atoms with E-state index in [0.717, 1.165) is 31.9 Å². The molecule has 0 saturated heterocycles. The van der Waals surface area contributed by atoms with Gasteiger partial charge in [0.2, 0.25) is 11.9 Å². The topological polar surface area (TPSA) is 44.8 Å². The van der Waals surface area contributed by atoms with E-state index in [2.05, 4.69) is 16.4 Å². The van der Waals surface area contributed by atoms with Gasteiger partial charge in [0.05, 0.1) is 6.61 Å². The van der Waals surface area contributed by atoms with Gasteiger partial charge < -0.3 is 14.2 Å². The van der Waals surface area contributed by atoms with Crippen LogP contribution >= 0.6 is 0 Å². The lowest BCUT2D eigenvalue weighted by Gasteiger charge is -2.18. The summed E-state index contributed by atoms with van der Waals surface area (Å²) < 4.78 is 81.4. The third kappa shape index (κ3) is 8.18. The highest BCUT2D eigenvalue weighted by Crippen LogP contribution is 2.32. The molecule has 2 aromatic carbocycles. The molecule has 1 atom stereocenters. The summed E-state index contributed by atoms with van der Waals surface area (Å²) in [6.07, 6.45) is -2.72. The molecule has 0 heterocycles. The first kappa shape index (κ1) is 27.4. The SMILES string of the molecule is CCCCCCCCOc1ccc(-c2ccc(OC(=O)OC(CC)C(F)(F)F)c(F)c2F)cc1. The molecule has 0 radical (unpaired) electrons. The van der Waals surface area contributed by atoms with Gasteiger partial charge >= 0.3 is 12.3 Å². The number of unbranched alkanes of at least 4 members (excludes halogenated alkanes) is 5. The van der Waals surface area contributed by atoms with Crippen molar-refractivity contribution in [2.75, 3.05) is 6.61 Å². The van der Waals surface area contributed by atoms with Crippen LogP contribution in [0.25, 0.3) is 11.1 Å². The molecule has 0 saturated carbocycles. The molecular weight excluding hydrogens is 459 g/mol. The molecule has 9 heteroatoms. The maximum Gasteiger partial charge on any atom is 0.514 e. The van der Waals surface area contributed by atoms with Crippen molar-refractivity contribution in [2.45, 2.75) is 71.1 Å². The Hall–Kier alpha value is -2.84. The summed E-state index contributed by atoms with van der Waals surface area (Å²) in [5.74, 6) is -3.11. The summed E-state index contributed by atoms with van der Waals surface area (Å²) in [5.41, 5.74) is 0.239. The van der Waals surface area contributed by atoms with Gasteiger partial charge in [-0.1, -0.05) is 58.1 Å². The van der Waals surface area contributed by atoms with Gasteiger partial charge in [-0.25, -0.2) is 9.18 Å². The predicted molar refractivity (Wildman–Crippen MR) is 118 cm³/mol. The van der Waals surface area contributed by atoms with E-state index in [1.165, 1.54) is 25.7 Å². The van der Waals surface area contributed by atoms with Gasteiger partial charge in [-0.05, 0) is 42.7 Å². The first-order valence-corrected chi connectivity index (χ1v) is 11.3. The van der Waals surface area contributed by atoms with Crippen LogP contribution in [0.3, 0.4) is 0 Å². The molecule has 0 aliphatic rings. The van der Waals surface area contributed by atoms with Crippen LogP contribution in [0.4, 0.5) is 26.7 Å². The highest BCUT2D eigenvalue weighted by atomic mass is 19.4. The Morgan fingerprint density at radius 3 is 2.15 bits per heavy atom. The minimum Gasteiger partial charge on any atom is -0.494 e. The third-order valence-electron chi connectivity index (χ3n) is 5.15. The van der Waals surface area contributed by atoms with E-state index in [-0.39, 0.29) is 5.56 Å². The number of rotatable bonds is 12. The first-order chi connectivity index (χ1) is 16.2. The average molecular weight is 488 g/mol. The molecule has 0 spiro atoms. The molecule has 2 rings (SSSR count). The molecule has 0 N–H and O–H groups in total. The van der Waals surface area contributed by atoms with E-state index >= 15 is 0 Å². The number of hydrogen-bond donors (Lipinski definition) is 0. The molecule has 1 unspecified atom stereocenters. The van der Waals surface area contributed by atoms with Gasteiger partial charge in [0.25, 0.3) is 0 Å². The summed E-state index contributed by atoms with van der Waals surface area (Å²) in [7, 11) is 0. The van der Waals surface area contributed by atoms with Crippen LogP contribution in [0.2, 0.25) is 0 Å². The molecule has 34 heavy (non-hydrogen) atoms. The Morgan fingerprint density at radius 2 is 1.53 bits per heavy atom. The fourth-order valence-electron chi connectivity index (χ4n) is 3.25. The molecule has 0 aliphatic heterocycles.